The van der Waals surface area contributed by atoms with Gasteiger partial charge in [0.2, 0.25) is 5.91 Å². The van der Waals surface area contributed by atoms with E-state index >= 15 is 0 Å². The molecule has 0 bridgehead atoms. The minimum absolute atomic E-state index is 0.0194. The first-order valence-electron chi connectivity index (χ1n) is 18.8. The fourth-order valence-electron chi connectivity index (χ4n) is 6.72. The second-order valence-electron chi connectivity index (χ2n) is 13.8. The number of amides is 1. The number of carbonyl (C=O) groups is 1. The van der Waals surface area contributed by atoms with Crippen molar-refractivity contribution < 1.29 is 47.8 Å². The Morgan fingerprint density at radius 3 is 2.19 bits per heavy atom. The molecule has 1 fully saturated rings. The zero-order chi connectivity index (χ0) is 39.4. The average molecular weight is 795 g/mol. The molecular formula is C33H60N6O12P2. The van der Waals surface area contributed by atoms with Gasteiger partial charge < -0.3 is 39.2 Å². The van der Waals surface area contributed by atoms with E-state index < -0.39 is 74.8 Å². The lowest BCUT2D eigenvalue weighted by atomic mass is 9.98. The van der Waals surface area contributed by atoms with Gasteiger partial charge in [0.25, 0.3) is 5.56 Å². The molecule has 0 aromatic carbocycles. The smallest absolute Gasteiger partial charge is 0.330 e. The number of rotatable bonds is 28. The van der Waals surface area contributed by atoms with Crippen LogP contribution < -0.4 is 16.6 Å². The predicted molar refractivity (Wildman–Crippen MR) is 198 cm³/mol. The summed E-state index contributed by atoms with van der Waals surface area (Å²) in [7, 11) is -9.19. The molecular weight excluding hydrogens is 734 g/mol. The van der Waals surface area contributed by atoms with Crippen LogP contribution in [-0.4, -0.2) is 77.8 Å². The van der Waals surface area contributed by atoms with E-state index in [1.54, 1.807) is 6.92 Å². The lowest BCUT2D eigenvalue weighted by Crippen LogP contribution is -2.57. The van der Waals surface area contributed by atoms with E-state index in [4.69, 9.17) is 19.8 Å². The Balaban J connectivity index is 2.11. The highest BCUT2D eigenvalue weighted by molar-refractivity contribution is 7.52. The molecule has 2 heterocycles. The molecule has 0 radical (unpaired) electrons. The Bertz CT molecular complexity index is 1510. The van der Waals surface area contributed by atoms with Crippen molar-refractivity contribution in [3.05, 3.63) is 43.0 Å². The SMILES string of the molecule is CCCCCCCCCCCCCC(CCCC(=O)NC(C(CP(=O)(O)O)OCC)C(ON=[N+]=[N-])[C@@H]1CC[C@H](n2cc(C)c(=O)[nH]c2=O)O1)P(=O)(O)O. The number of carbonyl (C=O) groups excluding carboxylic acids is 1. The summed E-state index contributed by atoms with van der Waals surface area (Å²) in [6, 6.07) is -1.34. The molecule has 0 aliphatic carbocycles. The summed E-state index contributed by atoms with van der Waals surface area (Å²) >= 11 is 0. The summed E-state index contributed by atoms with van der Waals surface area (Å²) in [6.07, 6.45) is 8.87. The van der Waals surface area contributed by atoms with Crippen LogP contribution in [0.3, 0.4) is 0 Å². The Morgan fingerprint density at radius 1 is 1.02 bits per heavy atom. The van der Waals surface area contributed by atoms with Gasteiger partial charge in [-0.1, -0.05) is 77.6 Å². The largest absolute Gasteiger partial charge is 0.425 e. The molecule has 1 aromatic heterocycles. The van der Waals surface area contributed by atoms with E-state index in [0.29, 0.717) is 12.8 Å². The summed E-state index contributed by atoms with van der Waals surface area (Å²) in [5, 5.41) is 5.89. The van der Waals surface area contributed by atoms with Gasteiger partial charge in [-0.2, -0.15) is 0 Å². The highest BCUT2D eigenvalue weighted by Crippen LogP contribution is 2.46. The maximum Gasteiger partial charge on any atom is 0.330 e. The van der Waals surface area contributed by atoms with Gasteiger partial charge in [0.15, 0.2) is 6.10 Å². The van der Waals surface area contributed by atoms with Gasteiger partial charge >= 0.3 is 20.9 Å². The summed E-state index contributed by atoms with van der Waals surface area (Å²) < 4.78 is 37.4. The first-order valence-corrected chi connectivity index (χ1v) is 22.3. The first-order chi connectivity index (χ1) is 25.1. The number of hydrogen-bond donors (Lipinski definition) is 6. The van der Waals surface area contributed by atoms with Crippen molar-refractivity contribution in [2.45, 2.75) is 166 Å². The zero-order valence-corrected chi connectivity index (χ0v) is 33.0. The van der Waals surface area contributed by atoms with Gasteiger partial charge in [0, 0.05) is 29.7 Å². The fourth-order valence-corrected chi connectivity index (χ4v) is 8.56. The topological polar surface area (TPSA) is 275 Å². The predicted octanol–water partition coefficient (Wildman–Crippen LogP) is 5.62. The molecule has 4 unspecified atom stereocenters. The quantitative estimate of drug-likeness (QED) is 0.0151. The van der Waals surface area contributed by atoms with E-state index in [2.05, 4.69) is 27.4 Å². The third kappa shape index (κ3) is 17.7. The lowest BCUT2D eigenvalue weighted by Gasteiger charge is -2.35. The van der Waals surface area contributed by atoms with Gasteiger partial charge in [0.05, 0.1) is 30.1 Å². The molecule has 1 saturated heterocycles. The summed E-state index contributed by atoms with van der Waals surface area (Å²) in [6.45, 7) is 5.27. The normalized spacial score (nSPS) is 18.5. The van der Waals surface area contributed by atoms with Crippen LogP contribution in [0.5, 0.6) is 0 Å². The molecule has 6 atom stereocenters. The third-order valence-electron chi connectivity index (χ3n) is 9.50. The molecule has 2 rings (SSSR count). The Labute approximate surface area is 310 Å². The van der Waals surface area contributed by atoms with Crippen molar-refractivity contribution in [2.75, 3.05) is 12.8 Å². The Hall–Kier alpha value is -2.52. The van der Waals surface area contributed by atoms with E-state index in [1.165, 1.54) is 56.2 Å². The number of aryl methyl sites for hydroxylation is 1. The number of ether oxygens (including phenoxy) is 2. The minimum Gasteiger partial charge on any atom is -0.425 e. The lowest BCUT2D eigenvalue weighted by molar-refractivity contribution is -0.135. The second-order valence-corrected chi connectivity index (χ2v) is 17.4. The van der Waals surface area contributed by atoms with Crippen LogP contribution in [0, 0.1) is 6.92 Å². The van der Waals surface area contributed by atoms with Crippen molar-refractivity contribution in [3.8, 4) is 0 Å². The van der Waals surface area contributed by atoms with E-state index in [0.717, 1.165) is 25.7 Å². The molecule has 304 valence electrons. The summed E-state index contributed by atoms with van der Waals surface area (Å²) in [5.74, 6) is -0.624. The van der Waals surface area contributed by atoms with Crippen LogP contribution in [0.2, 0.25) is 0 Å². The fraction of sp³-hybridized carbons (Fsp3) is 0.848. The van der Waals surface area contributed by atoms with Crippen LogP contribution in [0.4, 0.5) is 0 Å². The van der Waals surface area contributed by atoms with Crippen LogP contribution in [0.15, 0.2) is 21.1 Å². The van der Waals surface area contributed by atoms with Crippen molar-refractivity contribution >= 4 is 21.1 Å². The third-order valence-corrected chi connectivity index (χ3v) is 11.8. The Kier molecular flexibility index (Phi) is 21.2. The molecule has 6 N–H and O–H groups in total. The van der Waals surface area contributed by atoms with Crippen molar-refractivity contribution in [2.24, 2.45) is 5.28 Å². The molecule has 0 spiro atoms. The van der Waals surface area contributed by atoms with Crippen molar-refractivity contribution in [3.63, 3.8) is 0 Å². The van der Waals surface area contributed by atoms with Gasteiger partial charge in [-0.05, 0) is 51.5 Å². The minimum atomic E-state index is -4.75. The first kappa shape index (κ1) is 46.6. The van der Waals surface area contributed by atoms with Gasteiger partial charge in [0.1, 0.15) is 11.5 Å². The maximum atomic E-state index is 13.4. The number of aromatic amines is 1. The van der Waals surface area contributed by atoms with Crippen LogP contribution in [0.25, 0.3) is 10.4 Å². The molecule has 1 aliphatic heterocycles. The van der Waals surface area contributed by atoms with Crippen LogP contribution in [-0.2, 0) is 28.2 Å². The summed E-state index contributed by atoms with van der Waals surface area (Å²) in [5.41, 5.74) is 7.12. The van der Waals surface area contributed by atoms with Gasteiger partial charge in [-0.3, -0.25) is 28.3 Å². The van der Waals surface area contributed by atoms with Crippen molar-refractivity contribution in [1.82, 2.24) is 14.9 Å². The number of nitrogens with zero attached hydrogens (tertiary/aromatic N) is 4. The van der Waals surface area contributed by atoms with Gasteiger partial charge in [-0.15, -0.1) is 0 Å². The highest BCUT2D eigenvalue weighted by atomic mass is 31.2. The van der Waals surface area contributed by atoms with E-state index in [-0.39, 0.29) is 44.3 Å². The molecule has 53 heavy (non-hydrogen) atoms. The number of hydrogen-bond acceptors (Lipinski definition) is 9. The number of azide groups is 1. The standard InChI is InChI=1S/C33H60N6O12P2/c1-4-6-7-8-9-10-11-12-13-14-15-17-25(53(46,47)48)18-16-19-28(40)35-30(27(49-5-2)23-52(43,44)45)31(51-38-37-34)26-20-21-29(50-26)39-22-24(3)32(41)36-33(39)42/h22,25-27,29-31H,4-21,23H2,1-3H3,(H,35,40)(H,36,41,42)(H2,43,44,45)(H2,46,47,48)/t25?,26-,27?,29+,30?,31?/m0/s1. The number of aromatic nitrogens is 2. The maximum absolute atomic E-state index is 13.4. The molecule has 18 nitrogen and oxygen atoms in total. The van der Waals surface area contributed by atoms with E-state index in [9.17, 15) is 43.1 Å². The number of unbranched alkanes of at least 4 members (excludes halogenated alkanes) is 10. The van der Waals surface area contributed by atoms with Crippen molar-refractivity contribution in [1.29, 1.82) is 0 Å². The van der Waals surface area contributed by atoms with E-state index in [1.807, 2.05) is 0 Å². The summed E-state index contributed by atoms with van der Waals surface area (Å²) in [4.78, 5) is 87.9. The van der Waals surface area contributed by atoms with Crippen LogP contribution >= 0.6 is 15.2 Å². The molecule has 0 saturated carbocycles. The molecule has 1 aromatic rings. The molecule has 1 amide bonds. The highest BCUT2D eigenvalue weighted by Gasteiger charge is 2.44. The monoisotopic (exact) mass is 794 g/mol. The second kappa shape index (κ2) is 24.1. The number of H-pyrrole nitrogens is 1. The van der Waals surface area contributed by atoms with Crippen LogP contribution in [0.1, 0.15) is 135 Å². The number of nitrogens with one attached hydrogen (secondary N) is 2. The Morgan fingerprint density at radius 2 is 1.62 bits per heavy atom. The molecule has 1 aliphatic rings. The molecule has 20 heteroatoms. The average Bonchev–Trinajstić information content (AvgIpc) is 3.56. The zero-order valence-electron chi connectivity index (χ0n) is 31.2. The van der Waals surface area contributed by atoms with Gasteiger partial charge in [-0.25, -0.2) is 4.79 Å².